The minimum Gasteiger partial charge on any atom is -0.508 e. The number of amides is 2. The zero-order valence-corrected chi connectivity index (χ0v) is 31.0. The van der Waals surface area contributed by atoms with Crippen LogP contribution >= 0.6 is 0 Å². The lowest BCUT2D eigenvalue weighted by Gasteiger charge is -2.55. The minimum atomic E-state index is -1.63. The van der Waals surface area contributed by atoms with Crippen LogP contribution in [0.2, 0.25) is 0 Å². The summed E-state index contributed by atoms with van der Waals surface area (Å²) in [6.45, 7) is 0. The molecule has 57 heavy (non-hydrogen) atoms. The fraction of sp³-hybridized carbons (Fsp3) is 0.256. The summed E-state index contributed by atoms with van der Waals surface area (Å²) in [5.41, 5.74) is -1.56. The van der Waals surface area contributed by atoms with Gasteiger partial charge in [-0.2, -0.15) is 0 Å². The van der Waals surface area contributed by atoms with E-state index in [9.17, 15) is 34.9 Å². The van der Waals surface area contributed by atoms with E-state index < -0.39 is 68.0 Å². The normalized spacial score (nSPS) is 25.2. The molecule has 0 bridgehead atoms. The largest absolute Gasteiger partial charge is 0.508 e. The molecule has 8 rings (SSSR count). The van der Waals surface area contributed by atoms with Gasteiger partial charge in [-0.25, -0.2) is 4.90 Å². The summed E-state index contributed by atoms with van der Waals surface area (Å²) in [5, 5.41) is 36.2. The van der Waals surface area contributed by atoms with Crippen molar-refractivity contribution < 1.29 is 38.9 Å². The van der Waals surface area contributed by atoms with Crippen molar-refractivity contribution in [3.05, 3.63) is 146 Å². The Kier molecular flexibility index (Phi) is 8.86. The number of rotatable bonds is 8. The van der Waals surface area contributed by atoms with Crippen LogP contribution in [-0.4, -0.2) is 59.5 Å². The van der Waals surface area contributed by atoms with E-state index in [0.717, 1.165) is 17.0 Å². The predicted molar refractivity (Wildman–Crippen MR) is 208 cm³/mol. The molecule has 288 valence electrons. The molecule has 14 nitrogen and oxygen atoms in total. The van der Waals surface area contributed by atoms with Gasteiger partial charge in [-0.1, -0.05) is 78.4 Å². The number of nitro groups is 2. The lowest BCUT2D eigenvalue weighted by atomic mass is 9.44. The van der Waals surface area contributed by atoms with Crippen LogP contribution in [0.1, 0.15) is 35.4 Å². The number of allylic oxidation sites excluding steroid dienone is 4. The van der Waals surface area contributed by atoms with E-state index in [-0.39, 0.29) is 58.4 Å². The Morgan fingerprint density at radius 3 is 2.07 bits per heavy atom. The zero-order valence-electron chi connectivity index (χ0n) is 31.0. The van der Waals surface area contributed by atoms with Crippen molar-refractivity contribution in [2.24, 2.45) is 23.7 Å². The standard InChI is InChI=1S/C43H36N4O10/c1-44(2)39-31(46(53)54)19-25(20-32(39)47(55)56)45-41(51)27-18-17-26-29(36(27)42(45)52)21-30-40(50)28(23-11-6-4-7-12-23)22-35(49)43(30,24-13-8-5-9-14-24)38(26)37-33(48)15-10-16-34(37)57-3/h4-17,19-20,22,27,29-30,36,38,48H,18,21H2,1-3H3. The average molecular weight is 769 g/mol. The van der Waals surface area contributed by atoms with Gasteiger partial charge in [0.05, 0.1) is 39.9 Å². The number of methoxy groups -OCH3 is 1. The molecular weight excluding hydrogens is 732 g/mol. The predicted octanol–water partition coefficient (Wildman–Crippen LogP) is 6.31. The monoisotopic (exact) mass is 768 g/mol. The van der Waals surface area contributed by atoms with Crippen LogP contribution in [0, 0.1) is 43.9 Å². The van der Waals surface area contributed by atoms with Crippen molar-refractivity contribution in [1.29, 1.82) is 0 Å². The number of benzene rings is 4. The lowest BCUT2D eigenvalue weighted by Crippen LogP contribution is -2.58. The van der Waals surface area contributed by atoms with Gasteiger partial charge in [0.15, 0.2) is 17.3 Å². The van der Waals surface area contributed by atoms with Crippen LogP contribution in [0.15, 0.2) is 109 Å². The maximum atomic E-state index is 15.3. The van der Waals surface area contributed by atoms with Crippen molar-refractivity contribution in [2.75, 3.05) is 31.0 Å². The molecule has 1 saturated carbocycles. The second kappa shape index (κ2) is 13.7. The van der Waals surface area contributed by atoms with Gasteiger partial charge in [-0.15, -0.1) is 0 Å². The number of carbonyl (C=O) groups excluding carboxylic acids is 4. The van der Waals surface area contributed by atoms with Crippen LogP contribution in [0.5, 0.6) is 11.5 Å². The number of hydrogen-bond donors (Lipinski definition) is 1. The number of imide groups is 1. The second-order valence-corrected chi connectivity index (χ2v) is 14.9. The number of aromatic hydroxyl groups is 1. The lowest BCUT2D eigenvalue weighted by molar-refractivity contribution is -0.392. The van der Waals surface area contributed by atoms with Crippen LogP contribution in [0.25, 0.3) is 5.57 Å². The van der Waals surface area contributed by atoms with Crippen molar-refractivity contribution in [1.82, 2.24) is 0 Å². The van der Waals surface area contributed by atoms with E-state index in [1.165, 1.54) is 38.2 Å². The summed E-state index contributed by atoms with van der Waals surface area (Å²) >= 11 is 0. The zero-order chi connectivity index (χ0) is 40.5. The molecule has 0 radical (unpaired) electrons. The van der Waals surface area contributed by atoms with Gasteiger partial charge in [-0.3, -0.25) is 39.4 Å². The molecule has 1 heterocycles. The number of hydrogen-bond acceptors (Lipinski definition) is 11. The molecule has 1 saturated heterocycles. The number of fused-ring (bicyclic) bond motifs is 4. The van der Waals surface area contributed by atoms with Gasteiger partial charge in [-0.05, 0) is 48.1 Å². The summed E-state index contributed by atoms with van der Waals surface area (Å²) in [4.78, 5) is 84.5. The number of phenolic OH excluding ortho intramolecular Hbond substituents is 1. The summed E-state index contributed by atoms with van der Waals surface area (Å²) in [7, 11) is 4.25. The van der Waals surface area contributed by atoms with Crippen molar-refractivity contribution in [2.45, 2.75) is 24.2 Å². The Morgan fingerprint density at radius 1 is 0.842 bits per heavy atom. The molecule has 6 atom stereocenters. The Labute approximate surface area is 326 Å². The first-order valence-electron chi connectivity index (χ1n) is 18.3. The maximum Gasteiger partial charge on any atom is 0.301 e. The van der Waals surface area contributed by atoms with Gasteiger partial charge < -0.3 is 14.7 Å². The molecule has 14 heteroatoms. The number of nitrogens with zero attached hydrogens (tertiary/aromatic N) is 4. The summed E-state index contributed by atoms with van der Waals surface area (Å²) in [5.74, 6) is -7.28. The molecule has 2 amide bonds. The van der Waals surface area contributed by atoms with E-state index >= 15 is 9.59 Å². The summed E-state index contributed by atoms with van der Waals surface area (Å²) < 4.78 is 5.82. The fourth-order valence-corrected chi connectivity index (χ4v) is 9.90. The Morgan fingerprint density at radius 2 is 1.47 bits per heavy atom. The second-order valence-electron chi connectivity index (χ2n) is 14.9. The van der Waals surface area contributed by atoms with Crippen LogP contribution in [-0.2, 0) is 24.6 Å². The molecule has 6 unspecified atom stereocenters. The van der Waals surface area contributed by atoms with Gasteiger partial charge in [0, 0.05) is 49.2 Å². The van der Waals surface area contributed by atoms with E-state index in [0.29, 0.717) is 16.7 Å². The van der Waals surface area contributed by atoms with Gasteiger partial charge in [0.25, 0.3) is 0 Å². The van der Waals surface area contributed by atoms with Gasteiger partial charge in [0.2, 0.25) is 11.8 Å². The number of ketones is 2. The Hall–Kier alpha value is -6.96. The third kappa shape index (κ3) is 5.38. The summed E-state index contributed by atoms with van der Waals surface area (Å²) in [6, 6.07) is 24.3. The van der Waals surface area contributed by atoms with Crippen LogP contribution < -0.4 is 14.5 Å². The molecule has 0 aromatic heterocycles. The van der Waals surface area contributed by atoms with Gasteiger partial charge >= 0.3 is 11.4 Å². The first-order valence-corrected chi connectivity index (χ1v) is 18.3. The Balaban J connectivity index is 1.36. The highest BCUT2D eigenvalue weighted by Crippen LogP contribution is 2.65. The highest BCUT2D eigenvalue weighted by molar-refractivity contribution is 6.32. The van der Waals surface area contributed by atoms with Crippen LogP contribution in [0.4, 0.5) is 22.7 Å². The van der Waals surface area contributed by atoms with E-state index in [1.807, 2.05) is 0 Å². The van der Waals surface area contributed by atoms with Crippen molar-refractivity contribution in [3.8, 4) is 11.5 Å². The van der Waals surface area contributed by atoms with E-state index in [2.05, 4.69) is 0 Å². The van der Waals surface area contributed by atoms with Gasteiger partial charge in [0.1, 0.15) is 11.5 Å². The number of carbonyl (C=O) groups is 4. The topological polar surface area (TPSA) is 190 Å². The van der Waals surface area contributed by atoms with E-state index in [4.69, 9.17) is 4.74 Å². The molecule has 0 spiro atoms. The highest BCUT2D eigenvalue weighted by atomic mass is 16.6. The minimum absolute atomic E-state index is 0.00668. The molecule has 1 aliphatic heterocycles. The molecule has 1 N–H and O–H groups in total. The molecular formula is C43H36N4O10. The third-order valence-corrected chi connectivity index (χ3v) is 12.1. The number of anilines is 2. The molecule has 4 aromatic rings. The molecule has 4 aromatic carbocycles. The number of ether oxygens (including phenoxy) is 1. The van der Waals surface area contributed by atoms with Crippen LogP contribution in [0.3, 0.4) is 0 Å². The SMILES string of the molecule is COc1cccc(O)c1C1C2=CCC3C(=O)N(c4cc([N+](=O)[O-])c(N(C)C)c([N+](=O)[O-])c4)C(=O)C3C2CC2C(=O)C(c3ccccc3)=CC(=O)C21c1ccccc1. The smallest absolute Gasteiger partial charge is 0.301 e. The first-order chi connectivity index (χ1) is 27.3. The average Bonchev–Trinajstić information content (AvgIpc) is 3.47. The number of Topliss-reactive ketones (excluding diaryl/α,β-unsaturated/α-hetero) is 1. The molecule has 4 aliphatic rings. The Bertz CT molecular complexity index is 2440. The highest BCUT2D eigenvalue weighted by Gasteiger charge is 2.66. The van der Waals surface area contributed by atoms with Crippen molar-refractivity contribution >= 4 is 51.7 Å². The number of phenols is 1. The summed E-state index contributed by atoms with van der Waals surface area (Å²) in [6.07, 6.45) is 3.13. The van der Waals surface area contributed by atoms with E-state index in [1.54, 1.807) is 78.9 Å². The third-order valence-electron chi connectivity index (χ3n) is 12.1. The van der Waals surface area contributed by atoms with Crippen molar-refractivity contribution in [3.63, 3.8) is 0 Å². The molecule has 3 aliphatic carbocycles. The first kappa shape index (κ1) is 37.0. The quantitative estimate of drug-likeness (QED) is 0.0915. The number of nitro benzene ring substituents is 2. The maximum absolute atomic E-state index is 15.3. The fourth-order valence-electron chi connectivity index (χ4n) is 9.90. The molecule has 2 fully saturated rings.